The second-order valence-electron chi connectivity index (χ2n) is 6.77. The van der Waals surface area contributed by atoms with Crippen LogP contribution < -0.4 is 4.90 Å². The molecule has 132 valence electrons. The summed E-state index contributed by atoms with van der Waals surface area (Å²) in [6.07, 6.45) is 2.50. The van der Waals surface area contributed by atoms with Gasteiger partial charge in [-0.2, -0.15) is 0 Å². The summed E-state index contributed by atoms with van der Waals surface area (Å²) in [4.78, 5) is 19.3. The summed E-state index contributed by atoms with van der Waals surface area (Å²) in [5, 5.41) is 0. The predicted octanol–water partition coefficient (Wildman–Crippen LogP) is 1.62. The number of ether oxygens (including phenoxy) is 1. The van der Waals surface area contributed by atoms with Crippen LogP contribution in [0.4, 0.5) is 5.69 Å². The van der Waals surface area contributed by atoms with Gasteiger partial charge in [-0.1, -0.05) is 18.2 Å². The molecule has 0 saturated carbocycles. The minimum atomic E-state index is 0.294. The number of nitrogens with zero attached hydrogens (tertiary/aromatic N) is 3. The van der Waals surface area contributed by atoms with Crippen molar-refractivity contribution in [2.75, 3.05) is 64.4 Å². The van der Waals surface area contributed by atoms with Crippen molar-refractivity contribution in [3.63, 3.8) is 0 Å². The lowest BCUT2D eigenvalue weighted by Crippen LogP contribution is -2.37. The Morgan fingerprint density at radius 2 is 1.83 bits per heavy atom. The first-order chi connectivity index (χ1) is 11.7. The number of para-hydroxylation sites is 1. The molecule has 0 N–H and O–H groups in total. The van der Waals surface area contributed by atoms with Crippen molar-refractivity contribution >= 4 is 11.6 Å². The highest BCUT2D eigenvalue weighted by Gasteiger charge is 2.19. The number of anilines is 1. The summed E-state index contributed by atoms with van der Waals surface area (Å²) >= 11 is 0. The Hall–Kier alpha value is -1.59. The van der Waals surface area contributed by atoms with Crippen LogP contribution in [0.1, 0.15) is 18.4 Å². The lowest BCUT2D eigenvalue weighted by molar-refractivity contribution is -0.131. The SMILES string of the molecule is CN1CCCN(C(=O)CCc2ccccc2N2CCOCC2)CC1. The summed E-state index contributed by atoms with van der Waals surface area (Å²) in [6.45, 7) is 7.27. The van der Waals surface area contributed by atoms with Gasteiger partial charge in [-0.05, 0) is 38.1 Å². The van der Waals surface area contributed by atoms with Crippen molar-refractivity contribution in [3.8, 4) is 0 Å². The molecule has 0 atom stereocenters. The molecule has 0 bridgehead atoms. The highest BCUT2D eigenvalue weighted by atomic mass is 16.5. The molecule has 2 heterocycles. The lowest BCUT2D eigenvalue weighted by Gasteiger charge is -2.30. The largest absolute Gasteiger partial charge is 0.378 e. The Balaban J connectivity index is 1.59. The normalized spacial score (nSPS) is 20.0. The van der Waals surface area contributed by atoms with Crippen molar-refractivity contribution in [1.82, 2.24) is 9.80 Å². The average molecular weight is 331 g/mol. The van der Waals surface area contributed by atoms with Crippen LogP contribution in [-0.4, -0.2) is 75.2 Å². The molecule has 0 aliphatic carbocycles. The third-order valence-electron chi connectivity index (χ3n) is 5.02. The van der Waals surface area contributed by atoms with Crippen LogP contribution in [0.2, 0.25) is 0 Å². The summed E-state index contributed by atoms with van der Waals surface area (Å²) in [5.41, 5.74) is 2.55. The molecule has 2 aliphatic heterocycles. The number of carbonyl (C=O) groups excluding carboxylic acids is 1. The molecule has 0 aromatic heterocycles. The van der Waals surface area contributed by atoms with E-state index in [1.54, 1.807) is 0 Å². The first kappa shape index (κ1) is 17.2. The maximum Gasteiger partial charge on any atom is 0.222 e. The minimum absolute atomic E-state index is 0.294. The monoisotopic (exact) mass is 331 g/mol. The van der Waals surface area contributed by atoms with Crippen molar-refractivity contribution in [1.29, 1.82) is 0 Å². The van der Waals surface area contributed by atoms with E-state index in [-0.39, 0.29) is 0 Å². The Bertz CT molecular complexity index is 543. The molecule has 24 heavy (non-hydrogen) atoms. The van der Waals surface area contributed by atoms with Gasteiger partial charge in [-0.15, -0.1) is 0 Å². The van der Waals surface area contributed by atoms with Crippen molar-refractivity contribution in [3.05, 3.63) is 29.8 Å². The van der Waals surface area contributed by atoms with Gasteiger partial charge in [0.2, 0.25) is 5.91 Å². The number of carbonyl (C=O) groups is 1. The lowest BCUT2D eigenvalue weighted by atomic mass is 10.1. The molecule has 5 nitrogen and oxygen atoms in total. The van der Waals surface area contributed by atoms with Crippen LogP contribution in [0.25, 0.3) is 0 Å². The van der Waals surface area contributed by atoms with Gasteiger partial charge in [-0.3, -0.25) is 4.79 Å². The fraction of sp³-hybridized carbons (Fsp3) is 0.632. The molecule has 5 heteroatoms. The smallest absolute Gasteiger partial charge is 0.222 e. The molecule has 0 spiro atoms. The van der Waals surface area contributed by atoms with E-state index in [9.17, 15) is 4.79 Å². The van der Waals surface area contributed by atoms with Gasteiger partial charge in [0.25, 0.3) is 0 Å². The number of morpholine rings is 1. The van der Waals surface area contributed by atoms with Gasteiger partial charge in [0.15, 0.2) is 0 Å². The zero-order valence-corrected chi connectivity index (χ0v) is 14.7. The van der Waals surface area contributed by atoms with E-state index in [0.717, 1.165) is 65.3 Å². The van der Waals surface area contributed by atoms with E-state index in [2.05, 4.69) is 41.1 Å². The fourth-order valence-corrected chi connectivity index (χ4v) is 3.53. The minimum Gasteiger partial charge on any atom is -0.378 e. The Labute approximate surface area is 145 Å². The molecule has 0 radical (unpaired) electrons. The Morgan fingerprint density at radius 3 is 2.67 bits per heavy atom. The van der Waals surface area contributed by atoms with Crippen LogP contribution in [-0.2, 0) is 16.0 Å². The van der Waals surface area contributed by atoms with Gasteiger partial charge in [0.05, 0.1) is 13.2 Å². The molecular formula is C19H29N3O2. The molecule has 2 aliphatic rings. The molecule has 2 saturated heterocycles. The predicted molar refractivity (Wildman–Crippen MR) is 96.5 cm³/mol. The second-order valence-corrected chi connectivity index (χ2v) is 6.77. The zero-order chi connectivity index (χ0) is 16.8. The number of rotatable bonds is 4. The van der Waals surface area contributed by atoms with E-state index in [1.807, 2.05) is 4.90 Å². The summed E-state index contributed by atoms with van der Waals surface area (Å²) in [6, 6.07) is 8.49. The van der Waals surface area contributed by atoms with Gasteiger partial charge in [0, 0.05) is 44.8 Å². The highest BCUT2D eigenvalue weighted by molar-refractivity contribution is 5.76. The van der Waals surface area contributed by atoms with E-state index < -0.39 is 0 Å². The maximum atomic E-state index is 12.6. The number of hydrogen-bond donors (Lipinski definition) is 0. The number of likely N-dealkylation sites (N-methyl/N-ethyl adjacent to an activating group) is 1. The number of hydrogen-bond acceptors (Lipinski definition) is 4. The molecule has 1 amide bonds. The van der Waals surface area contributed by atoms with E-state index >= 15 is 0 Å². The number of amides is 1. The van der Waals surface area contributed by atoms with Gasteiger partial charge < -0.3 is 19.4 Å². The second kappa shape index (κ2) is 8.49. The number of benzene rings is 1. The summed E-state index contributed by atoms with van der Waals surface area (Å²) in [7, 11) is 2.13. The topological polar surface area (TPSA) is 36.0 Å². The molecule has 3 rings (SSSR count). The van der Waals surface area contributed by atoms with Crippen LogP contribution in [0, 0.1) is 0 Å². The standard InChI is InChI=1S/C19H29N3O2/c1-20-9-4-10-22(12-11-20)19(23)8-7-17-5-2-3-6-18(17)21-13-15-24-16-14-21/h2-3,5-6H,4,7-16H2,1H3. The van der Waals surface area contributed by atoms with Crippen molar-refractivity contribution in [2.24, 2.45) is 0 Å². The molecule has 0 unspecified atom stereocenters. The van der Waals surface area contributed by atoms with E-state index in [0.29, 0.717) is 12.3 Å². The fourth-order valence-electron chi connectivity index (χ4n) is 3.53. The zero-order valence-electron chi connectivity index (χ0n) is 14.7. The first-order valence-electron chi connectivity index (χ1n) is 9.11. The first-order valence-corrected chi connectivity index (χ1v) is 9.11. The quantitative estimate of drug-likeness (QED) is 0.840. The highest BCUT2D eigenvalue weighted by Crippen LogP contribution is 2.23. The van der Waals surface area contributed by atoms with Crippen LogP contribution in [0.5, 0.6) is 0 Å². The van der Waals surface area contributed by atoms with E-state index in [1.165, 1.54) is 11.3 Å². The molecule has 2 fully saturated rings. The third-order valence-corrected chi connectivity index (χ3v) is 5.02. The number of aryl methyl sites for hydroxylation is 1. The average Bonchev–Trinajstić information content (AvgIpc) is 2.85. The van der Waals surface area contributed by atoms with Crippen LogP contribution >= 0.6 is 0 Å². The Kier molecular flexibility index (Phi) is 6.10. The maximum absolute atomic E-state index is 12.6. The van der Waals surface area contributed by atoms with Crippen LogP contribution in [0.15, 0.2) is 24.3 Å². The molecule has 1 aromatic rings. The third kappa shape index (κ3) is 4.48. The molecule has 1 aromatic carbocycles. The van der Waals surface area contributed by atoms with Gasteiger partial charge in [-0.25, -0.2) is 0 Å². The van der Waals surface area contributed by atoms with Crippen molar-refractivity contribution in [2.45, 2.75) is 19.3 Å². The molecular weight excluding hydrogens is 302 g/mol. The Morgan fingerprint density at radius 1 is 1.04 bits per heavy atom. The van der Waals surface area contributed by atoms with Crippen LogP contribution in [0.3, 0.4) is 0 Å². The van der Waals surface area contributed by atoms with Crippen molar-refractivity contribution < 1.29 is 9.53 Å². The van der Waals surface area contributed by atoms with E-state index in [4.69, 9.17) is 4.74 Å². The summed E-state index contributed by atoms with van der Waals surface area (Å²) < 4.78 is 5.45. The summed E-state index contributed by atoms with van der Waals surface area (Å²) in [5.74, 6) is 0.294. The van der Waals surface area contributed by atoms with Gasteiger partial charge >= 0.3 is 0 Å². The van der Waals surface area contributed by atoms with Gasteiger partial charge in [0.1, 0.15) is 0 Å².